The van der Waals surface area contributed by atoms with E-state index in [0.717, 1.165) is 11.3 Å². The molecule has 1 unspecified atom stereocenters. The van der Waals surface area contributed by atoms with Gasteiger partial charge < -0.3 is 19.6 Å². The average molecular weight is 344 g/mol. The van der Waals surface area contributed by atoms with Crippen molar-refractivity contribution in [3.05, 3.63) is 51.0 Å². The third kappa shape index (κ3) is 2.63. The van der Waals surface area contributed by atoms with Crippen molar-refractivity contribution >= 4 is 11.9 Å². The van der Waals surface area contributed by atoms with Gasteiger partial charge in [-0.05, 0) is 25.0 Å². The molecule has 0 saturated heterocycles. The number of carboxylic acid groups (broad SMARTS) is 1. The molecule has 0 fully saturated rings. The smallest absolute Gasteiger partial charge is 0.332 e. The minimum Gasteiger partial charge on any atom is -0.479 e. The molecule has 2 aromatic heterocycles. The first-order valence-electron chi connectivity index (χ1n) is 8.12. The van der Waals surface area contributed by atoms with Gasteiger partial charge in [-0.3, -0.25) is 9.59 Å². The third-order valence-electron chi connectivity index (χ3n) is 4.74. The van der Waals surface area contributed by atoms with Crippen molar-refractivity contribution in [2.45, 2.75) is 32.7 Å². The Kier molecular flexibility index (Phi) is 4.20. The summed E-state index contributed by atoms with van der Waals surface area (Å²) < 4.78 is 1.46. The highest BCUT2D eigenvalue weighted by Crippen LogP contribution is 2.28. The molecule has 3 heterocycles. The van der Waals surface area contributed by atoms with Crippen LogP contribution in [-0.2, 0) is 24.7 Å². The van der Waals surface area contributed by atoms with E-state index in [2.05, 4.69) is 9.97 Å². The molecule has 1 atom stereocenters. The zero-order valence-corrected chi connectivity index (χ0v) is 14.4. The lowest BCUT2D eigenvalue weighted by Crippen LogP contribution is -2.45. The number of H-pyrrole nitrogens is 1. The van der Waals surface area contributed by atoms with Gasteiger partial charge in [0.2, 0.25) is 0 Å². The summed E-state index contributed by atoms with van der Waals surface area (Å²) in [4.78, 5) is 45.5. The lowest BCUT2D eigenvalue weighted by molar-refractivity contribution is -0.143. The van der Waals surface area contributed by atoms with Crippen LogP contribution in [0.25, 0.3) is 0 Å². The number of aliphatic carboxylic acids is 1. The average Bonchev–Trinajstić information content (AvgIpc) is 3.05. The van der Waals surface area contributed by atoms with E-state index in [-0.39, 0.29) is 12.1 Å². The van der Waals surface area contributed by atoms with Crippen LogP contribution in [0, 0.1) is 6.92 Å². The van der Waals surface area contributed by atoms with Gasteiger partial charge in [0.25, 0.3) is 11.5 Å². The molecule has 3 rings (SSSR count). The Balaban J connectivity index is 2.07. The molecule has 0 bridgehead atoms. The van der Waals surface area contributed by atoms with Crippen LogP contribution in [0.5, 0.6) is 0 Å². The molecule has 0 aliphatic carbocycles. The summed E-state index contributed by atoms with van der Waals surface area (Å²) in [5.74, 6) is -1.74. The number of amides is 1. The Labute approximate surface area is 144 Å². The molecule has 1 amide bonds. The van der Waals surface area contributed by atoms with Gasteiger partial charge >= 0.3 is 5.97 Å². The SMILES string of the molecule is CCc1c(C)cc(C(=O)N2CCc3[nH]cnc3C2C(=O)O)c(=O)n1C. The van der Waals surface area contributed by atoms with E-state index in [0.29, 0.717) is 24.2 Å². The number of fused-ring (bicyclic) bond motifs is 1. The van der Waals surface area contributed by atoms with E-state index in [4.69, 9.17) is 0 Å². The molecular weight excluding hydrogens is 324 g/mol. The summed E-state index contributed by atoms with van der Waals surface area (Å²) in [5.41, 5.74) is 2.29. The molecule has 1 aliphatic rings. The number of carbonyl (C=O) groups excluding carboxylic acids is 1. The van der Waals surface area contributed by atoms with E-state index < -0.39 is 23.5 Å². The second-order valence-electron chi connectivity index (χ2n) is 6.16. The van der Waals surface area contributed by atoms with Crippen molar-refractivity contribution in [3.63, 3.8) is 0 Å². The molecule has 0 radical (unpaired) electrons. The van der Waals surface area contributed by atoms with Crippen LogP contribution < -0.4 is 5.56 Å². The van der Waals surface area contributed by atoms with Crippen LogP contribution in [0.2, 0.25) is 0 Å². The van der Waals surface area contributed by atoms with Crippen molar-refractivity contribution in [3.8, 4) is 0 Å². The fourth-order valence-corrected chi connectivity index (χ4v) is 3.50. The lowest BCUT2D eigenvalue weighted by Gasteiger charge is -2.32. The first kappa shape index (κ1) is 16.9. The number of nitrogens with one attached hydrogen (secondary N) is 1. The molecular formula is C17H20N4O4. The van der Waals surface area contributed by atoms with E-state index >= 15 is 0 Å². The molecule has 8 heteroatoms. The van der Waals surface area contributed by atoms with Crippen molar-refractivity contribution < 1.29 is 14.7 Å². The quantitative estimate of drug-likeness (QED) is 0.856. The number of pyridine rings is 1. The maximum Gasteiger partial charge on any atom is 0.332 e. The first-order valence-corrected chi connectivity index (χ1v) is 8.12. The maximum absolute atomic E-state index is 13.0. The third-order valence-corrected chi connectivity index (χ3v) is 4.74. The van der Waals surface area contributed by atoms with Crippen LogP contribution in [0.1, 0.15) is 46.0 Å². The normalized spacial score (nSPS) is 16.6. The molecule has 2 N–H and O–H groups in total. The number of aromatic nitrogens is 3. The number of aryl methyl sites for hydroxylation is 1. The zero-order chi connectivity index (χ0) is 18.3. The van der Waals surface area contributed by atoms with E-state index in [9.17, 15) is 19.5 Å². The number of aromatic amines is 1. The van der Waals surface area contributed by atoms with E-state index in [1.54, 1.807) is 13.1 Å². The van der Waals surface area contributed by atoms with Crippen LogP contribution >= 0.6 is 0 Å². The molecule has 8 nitrogen and oxygen atoms in total. The van der Waals surface area contributed by atoms with Gasteiger partial charge in [0.05, 0.1) is 12.0 Å². The molecule has 0 aromatic carbocycles. The zero-order valence-electron chi connectivity index (χ0n) is 14.4. The van der Waals surface area contributed by atoms with Gasteiger partial charge in [-0.25, -0.2) is 9.78 Å². The Morgan fingerprint density at radius 3 is 2.80 bits per heavy atom. The summed E-state index contributed by atoms with van der Waals surface area (Å²) in [6.07, 6.45) is 2.56. The van der Waals surface area contributed by atoms with Gasteiger partial charge in [-0.1, -0.05) is 6.92 Å². The fraction of sp³-hybridized carbons (Fsp3) is 0.412. The Morgan fingerprint density at radius 1 is 1.44 bits per heavy atom. The highest BCUT2D eigenvalue weighted by molar-refractivity contribution is 5.97. The minimum absolute atomic E-state index is 0.0116. The highest BCUT2D eigenvalue weighted by Gasteiger charge is 2.39. The summed E-state index contributed by atoms with van der Waals surface area (Å²) in [6, 6.07) is 0.362. The Morgan fingerprint density at radius 2 is 2.16 bits per heavy atom. The van der Waals surface area contributed by atoms with Crippen LogP contribution in [0.4, 0.5) is 0 Å². The van der Waals surface area contributed by atoms with Crippen LogP contribution in [0.3, 0.4) is 0 Å². The molecule has 132 valence electrons. The van der Waals surface area contributed by atoms with E-state index in [1.807, 2.05) is 13.8 Å². The van der Waals surface area contributed by atoms with Crippen molar-refractivity contribution in [1.29, 1.82) is 0 Å². The largest absolute Gasteiger partial charge is 0.479 e. The van der Waals surface area contributed by atoms with Gasteiger partial charge in [-0.15, -0.1) is 0 Å². The van der Waals surface area contributed by atoms with Gasteiger partial charge in [0.1, 0.15) is 5.56 Å². The van der Waals surface area contributed by atoms with Gasteiger partial charge in [-0.2, -0.15) is 0 Å². The molecule has 0 spiro atoms. The number of rotatable bonds is 3. The number of hydrogen-bond donors (Lipinski definition) is 2. The Hall–Kier alpha value is -2.90. The summed E-state index contributed by atoms with van der Waals surface area (Å²) in [5, 5.41) is 9.60. The number of nitrogens with zero attached hydrogens (tertiary/aromatic N) is 3. The first-order chi connectivity index (χ1) is 11.9. The van der Waals surface area contributed by atoms with E-state index in [1.165, 1.54) is 15.8 Å². The molecule has 2 aromatic rings. The predicted molar refractivity (Wildman–Crippen MR) is 89.5 cm³/mol. The van der Waals surface area contributed by atoms with Gasteiger partial charge in [0, 0.05) is 31.4 Å². The van der Waals surface area contributed by atoms with Crippen LogP contribution in [-0.4, -0.2) is 43.0 Å². The van der Waals surface area contributed by atoms with Crippen LogP contribution in [0.15, 0.2) is 17.2 Å². The minimum atomic E-state index is -1.20. The maximum atomic E-state index is 13.0. The summed E-state index contributed by atoms with van der Waals surface area (Å²) in [7, 11) is 1.63. The number of carbonyl (C=O) groups is 2. The van der Waals surface area contributed by atoms with Crippen molar-refractivity contribution in [2.24, 2.45) is 7.05 Å². The second kappa shape index (κ2) is 6.19. The van der Waals surface area contributed by atoms with Crippen molar-refractivity contribution in [2.75, 3.05) is 6.54 Å². The molecule has 1 aliphatic heterocycles. The second-order valence-corrected chi connectivity index (χ2v) is 6.16. The number of carboxylic acids is 1. The number of hydrogen-bond acceptors (Lipinski definition) is 4. The van der Waals surface area contributed by atoms with Crippen molar-refractivity contribution in [1.82, 2.24) is 19.4 Å². The molecule has 0 saturated carbocycles. The molecule has 25 heavy (non-hydrogen) atoms. The predicted octanol–water partition coefficient (Wildman–Crippen LogP) is 0.803. The highest BCUT2D eigenvalue weighted by atomic mass is 16.4. The Bertz CT molecular complexity index is 912. The van der Waals surface area contributed by atoms with Gasteiger partial charge in [0.15, 0.2) is 6.04 Å². The number of imidazole rings is 1. The standard InChI is InChI=1S/C17H20N4O4/c1-4-12-9(2)7-10(15(22)20(12)3)16(23)21-6-5-11-13(19-8-18-11)14(21)17(24)25/h7-8,14H,4-6H2,1-3H3,(H,18,19)(H,24,25). The summed E-state index contributed by atoms with van der Waals surface area (Å²) >= 11 is 0. The summed E-state index contributed by atoms with van der Waals surface area (Å²) in [6.45, 7) is 3.99. The lowest BCUT2D eigenvalue weighted by atomic mass is 10.0. The fourth-order valence-electron chi connectivity index (χ4n) is 3.50. The topological polar surface area (TPSA) is 108 Å². The monoisotopic (exact) mass is 344 g/mol.